The van der Waals surface area contributed by atoms with Gasteiger partial charge in [-0.25, -0.2) is 0 Å². The highest BCUT2D eigenvalue weighted by molar-refractivity contribution is 5.42. The van der Waals surface area contributed by atoms with E-state index in [4.69, 9.17) is 4.42 Å². The molecule has 0 atom stereocenters. The van der Waals surface area contributed by atoms with Crippen molar-refractivity contribution in [1.29, 1.82) is 0 Å². The van der Waals surface area contributed by atoms with E-state index in [1.165, 1.54) is 11.1 Å². The van der Waals surface area contributed by atoms with E-state index in [1.54, 1.807) is 6.26 Å². The molecule has 4 nitrogen and oxygen atoms in total. The van der Waals surface area contributed by atoms with Gasteiger partial charge in [-0.2, -0.15) is 0 Å². The Hall–Kier alpha value is -1.88. The Morgan fingerprint density at radius 2 is 1.92 bits per heavy atom. The van der Waals surface area contributed by atoms with Crippen molar-refractivity contribution in [2.75, 3.05) is 19.6 Å². The topological polar surface area (TPSA) is 48.6 Å². The van der Waals surface area contributed by atoms with Gasteiger partial charge in [0.15, 0.2) is 0 Å². The molecule has 3 rings (SSSR count). The number of aliphatic hydroxyl groups is 1. The second-order valence-corrected chi connectivity index (χ2v) is 6.32. The summed E-state index contributed by atoms with van der Waals surface area (Å²) in [7, 11) is 0. The van der Waals surface area contributed by atoms with Gasteiger partial charge in [-0.1, -0.05) is 30.3 Å². The molecule has 4 heteroatoms. The van der Waals surface area contributed by atoms with Gasteiger partial charge in [0, 0.05) is 32.7 Å². The summed E-state index contributed by atoms with van der Waals surface area (Å²) in [5.41, 5.74) is 2.71. The van der Waals surface area contributed by atoms with Crippen molar-refractivity contribution in [3.8, 4) is 0 Å². The lowest BCUT2D eigenvalue weighted by Crippen LogP contribution is -2.35. The van der Waals surface area contributed by atoms with Crippen LogP contribution >= 0.6 is 0 Å². The highest BCUT2D eigenvalue weighted by atomic mass is 16.3. The molecule has 0 unspecified atom stereocenters. The molecule has 128 valence electrons. The SMILES string of the molecule is OC1CCN(Cc2ccccc2CNC/C=C/c2ccco2)CC1. The van der Waals surface area contributed by atoms with Crippen molar-refractivity contribution < 1.29 is 9.52 Å². The molecule has 1 fully saturated rings. The van der Waals surface area contributed by atoms with Gasteiger partial charge in [0.1, 0.15) is 5.76 Å². The predicted octanol–water partition coefficient (Wildman–Crippen LogP) is 3.04. The number of nitrogens with one attached hydrogen (secondary N) is 1. The van der Waals surface area contributed by atoms with E-state index in [1.807, 2.05) is 18.2 Å². The molecule has 1 aliphatic rings. The first-order valence-electron chi connectivity index (χ1n) is 8.69. The Labute approximate surface area is 143 Å². The van der Waals surface area contributed by atoms with Crippen molar-refractivity contribution >= 4 is 6.08 Å². The maximum atomic E-state index is 9.63. The zero-order valence-corrected chi connectivity index (χ0v) is 14.0. The Kier molecular flexibility index (Phi) is 6.24. The molecule has 1 aromatic carbocycles. The van der Waals surface area contributed by atoms with E-state index in [9.17, 15) is 5.11 Å². The number of hydrogen-bond donors (Lipinski definition) is 2. The van der Waals surface area contributed by atoms with Crippen molar-refractivity contribution in [2.45, 2.75) is 32.0 Å². The van der Waals surface area contributed by atoms with Crippen molar-refractivity contribution in [3.05, 3.63) is 65.6 Å². The number of hydrogen-bond acceptors (Lipinski definition) is 4. The Morgan fingerprint density at radius 1 is 1.12 bits per heavy atom. The van der Waals surface area contributed by atoms with Gasteiger partial charge in [0.2, 0.25) is 0 Å². The predicted molar refractivity (Wildman–Crippen MR) is 96.4 cm³/mol. The molecule has 1 aromatic heterocycles. The Morgan fingerprint density at radius 3 is 2.67 bits per heavy atom. The molecule has 2 N–H and O–H groups in total. The van der Waals surface area contributed by atoms with Gasteiger partial charge in [-0.3, -0.25) is 4.90 Å². The van der Waals surface area contributed by atoms with Crippen LogP contribution in [0.3, 0.4) is 0 Å². The minimum atomic E-state index is -0.112. The summed E-state index contributed by atoms with van der Waals surface area (Å²) in [6.07, 6.45) is 7.41. The van der Waals surface area contributed by atoms with Crippen LogP contribution in [0.15, 0.2) is 53.2 Å². The molecule has 0 aliphatic carbocycles. The number of benzene rings is 1. The summed E-state index contributed by atoms with van der Waals surface area (Å²) in [5.74, 6) is 0.879. The average molecular weight is 326 g/mol. The highest BCUT2D eigenvalue weighted by Crippen LogP contribution is 2.16. The molecular weight excluding hydrogens is 300 g/mol. The third kappa shape index (κ3) is 5.06. The van der Waals surface area contributed by atoms with Gasteiger partial charge in [0.05, 0.1) is 12.4 Å². The van der Waals surface area contributed by atoms with Crippen molar-refractivity contribution in [2.24, 2.45) is 0 Å². The van der Waals surface area contributed by atoms with Gasteiger partial charge >= 0.3 is 0 Å². The number of likely N-dealkylation sites (tertiary alicyclic amines) is 1. The van der Waals surface area contributed by atoms with Gasteiger partial charge in [-0.05, 0) is 42.2 Å². The largest absolute Gasteiger partial charge is 0.465 e. The van der Waals surface area contributed by atoms with E-state index in [2.05, 4.69) is 40.6 Å². The highest BCUT2D eigenvalue weighted by Gasteiger charge is 2.17. The molecule has 0 saturated carbocycles. The standard InChI is InChI=1S/C20H26N2O2/c23-19-9-12-22(13-10-19)16-18-6-2-1-5-17(18)15-21-11-3-7-20-8-4-14-24-20/h1-8,14,19,21,23H,9-13,15-16H2/b7-3+. The molecule has 1 aliphatic heterocycles. The normalized spacial score (nSPS) is 16.9. The smallest absolute Gasteiger partial charge is 0.126 e. The number of nitrogens with zero attached hydrogens (tertiary/aromatic N) is 1. The molecular formula is C20H26N2O2. The van der Waals surface area contributed by atoms with Crippen LogP contribution in [0.4, 0.5) is 0 Å². The fourth-order valence-corrected chi connectivity index (χ4v) is 3.05. The minimum Gasteiger partial charge on any atom is -0.465 e. The number of furan rings is 1. The molecule has 0 bridgehead atoms. The van der Waals surface area contributed by atoms with Gasteiger partial charge in [-0.15, -0.1) is 0 Å². The summed E-state index contributed by atoms with van der Waals surface area (Å²) >= 11 is 0. The lowest BCUT2D eigenvalue weighted by molar-refractivity contribution is 0.0791. The Bertz CT molecular complexity index is 629. The van der Waals surface area contributed by atoms with Crippen LogP contribution in [0.1, 0.15) is 29.7 Å². The molecule has 2 aromatic rings. The minimum absolute atomic E-state index is 0.112. The summed E-state index contributed by atoms with van der Waals surface area (Å²) in [6, 6.07) is 12.4. The summed E-state index contributed by atoms with van der Waals surface area (Å²) in [5, 5.41) is 13.1. The van der Waals surface area contributed by atoms with Gasteiger partial charge in [0.25, 0.3) is 0 Å². The lowest BCUT2D eigenvalue weighted by atomic mass is 10.0. The van der Waals surface area contributed by atoms with Crippen LogP contribution in [0.2, 0.25) is 0 Å². The first-order valence-corrected chi connectivity index (χ1v) is 8.69. The second kappa shape index (κ2) is 8.83. The van der Waals surface area contributed by atoms with Crippen LogP contribution in [0.25, 0.3) is 6.08 Å². The fourth-order valence-electron chi connectivity index (χ4n) is 3.05. The second-order valence-electron chi connectivity index (χ2n) is 6.32. The van der Waals surface area contributed by atoms with E-state index in [0.717, 1.165) is 51.3 Å². The molecule has 0 radical (unpaired) electrons. The molecule has 2 heterocycles. The van der Waals surface area contributed by atoms with E-state index < -0.39 is 0 Å². The van der Waals surface area contributed by atoms with Crippen LogP contribution in [0.5, 0.6) is 0 Å². The third-order valence-corrected chi connectivity index (χ3v) is 4.47. The van der Waals surface area contributed by atoms with E-state index in [-0.39, 0.29) is 6.10 Å². The van der Waals surface area contributed by atoms with Crippen LogP contribution in [-0.2, 0) is 13.1 Å². The zero-order valence-electron chi connectivity index (χ0n) is 14.0. The summed E-state index contributed by atoms with van der Waals surface area (Å²) in [6.45, 7) is 4.59. The van der Waals surface area contributed by atoms with Gasteiger partial charge < -0.3 is 14.8 Å². The number of rotatable bonds is 7. The molecule has 1 saturated heterocycles. The molecule has 24 heavy (non-hydrogen) atoms. The average Bonchev–Trinajstić information content (AvgIpc) is 3.11. The van der Waals surface area contributed by atoms with Crippen LogP contribution < -0.4 is 5.32 Å². The third-order valence-electron chi connectivity index (χ3n) is 4.47. The van der Waals surface area contributed by atoms with Crippen LogP contribution in [0, 0.1) is 0 Å². The fraction of sp³-hybridized carbons (Fsp3) is 0.400. The van der Waals surface area contributed by atoms with E-state index >= 15 is 0 Å². The zero-order chi connectivity index (χ0) is 16.6. The first-order chi connectivity index (χ1) is 11.8. The molecule has 0 amide bonds. The van der Waals surface area contributed by atoms with E-state index in [0.29, 0.717) is 0 Å². The maximum Gasteiger partial charge on any atom is 0.126 e. The monoisotopic (exact) mass is 326 g/mol. The number of piperidine rings is 1. The molecule has 0 spiro atoms. The number of aliphatic hydroxyl groups excluding tert-OH is 1. The Balaban J connectivity index is 1.48. The summed E-state index contributed by atoms with van der Waals surface area (Å²) in [4.78, 5) is 2.43. The maximum absolute atomic E-state index is 9.63. The van der Waals surface area contributed by atoms with Crippen LogP contribution in [-0.4, -0.2) is 35.7 Å². The first kappa shape index (κ1) is 17.0. The van der Waals surface area contributed by atoms with Crippen molar-refractivity contribution in [3.63, 3.8) is 0 Å². The van der Waals surface area contributed by atoms with Crippen molar-refractivity contribution in [1.82, 2.24) is 10.2 Å². The lowest BCUT2D eigenvalue weighted by Gasteiger charge is -2.30. The quantitative estimate of drug-likeness (QED) is 0.768. The summed E-state index contributed by atoms with van der Waals surface area (Å²) < 4.78 is 5.27.